The third-order valence-electron chi connectivity index (χ3n) is 4.89. The van der Waals surface area contributed by atoms with Gasteiger partial charge in [0.1, 0.15) is 5.82 Å². The Hall–Kier alpha value is -0.830. The lowest BCUT2D eigenvalue weighted by atomic mass is 9.68. The van der Waals surface area contributed by atoms with Gasteiger partial charge in [0.2, 0.25) is 0 Å². The number of nitrogens with two attached hydrogens (primary N) is 1. The second-order valence-corrected chi connectivity index (χ2v) is 7.07. The summed E-state index contributed by atoms with van der Waals surface area (Å²) in [6, 6.07) is 0.107. The minimum Gasteiger partial charge on any atom is -0.334 e. The molecule has 1 atom stereocenters. The van der Waals surface area contributed by atoms with Crippen molar-refractivity contribution in [1.82, 2.24) is 9.55 Å². The molecule has 1 heterocycles. The van der Waals surface area contributed by atoms with E-state index in [9.17, 15) is 0 Å². The van der Waals surface area contributed by atoms with E-state index in [1.807, 2.05) is 12.4 Å². The molecule has 0 radical (unpaired) electrons. The summed E-state index contributed by atoms with van der Waals surface area (Å²) in [5.74, 6) is 2.52. The second-order valence-electron chi connectivity index (χ2n) is 7.07. The molecule has 2 rings (SSSR count). The molecule has 3 heteroatoms. The zero-order chi connectivity index (χ0) is 14.0. The Labute approximate surface area is 117 Å². The average Bonchev–Trinajstić information content (AvgIpc) is 2.85. The van der Waals surface area contributed by atoms with Crippen LogP contribution < -0.4 is 5.73 Å². The Balaban J connectivity index is 1.98. The van der Waals surface area contributed by atoms with Crippen molar-refractivity contribution in [3.63, 3.8) is 0 Å². The van der Waals surface area contributed by atoms with Crippen LogP contribution in [0.2, 0.25) is 0 Å². The lowest BCUT2D eigenvalue weighted by Gasteiger charge is -2.38. The largest absolute Gasteiger partial charge is 0.334 e. The Morgan fingerprint density at radius 1 is 1.32 bits per heavy atom. The molecule has 1 saturated carbocycles. The summed E-state index contributed by atoms with van der Waals surface area (Å²) in [4.78, 5) is 4.47. The molecule has 108 valence electrons. The third kappa shape index (κ3) is 3.19. The summed E-state index contributed by atoms with van der Waals surface area (Å²) in [6.45, 7) is 10.2. The van der Waals surface area contributed by atoms with Crippen LogP contribution in [0.4, 0.5) is 0 Å². The van der Waals surface area contributed by atoms with Crippen LogP contribution in [0.5, 0.6) is 0 Å². The lowest BCUT2D eigenvalue weighted by Crippen LogP contribution is -2.32. The molecule has 19 heavy (non-hydrogen) atoms. The van der Waals surface area contributed by atoms with Gasteiger partial charge in [0.15, 0.2) is 0 Å². The monoisotopic (exact) mass is 263 g/mol. The Morgan fingerprint density at radius 3 is 2.47 bits per heavy atom. The number of aryl methyl sites for hydroxylation is 1. The number of rotatable bonds is 3. The first-order valence-corrected chi connectivity index (χ1v) is 7.70. The maximum Gasteiger partial charge on any atom is 0.125 e. The topological polar surface area (TPSA) is 43.8 Å². The summed E-state index contributed by atoms with van der Waals surface area (Å²) in [7, 11) is 0. The highest BCUT2D eigenvalue weighted by Gasteiger charge is 2.33. The van der Waals surface area contributed by atoms with Crippen LogP contribution in [-0.4, -0.2) is 9.55 Å². The number of imidazole rings is 1. The van der Waals surface area contributed by atoms with E-state index in [-0.39, 0.29) is 6.04 Å². The minimum atomic E-state index is 0.107. The first-order valence-electron chi connectivity index (χ1n) is 7.70. The van der Waals surface area contributed by atoms with Gasteiger partial charge in [-0.2, -0.15) is 0 Å². The molecule has 0 saturated heterocycles. The van der Waals surface area contributed by atoms with Crippen LogP contribution in [0.1, 0.15) is 65.2 Å². The molecule has 1 aromatic heterocycles. The molecule has 0 spiro atoms. The van der Waals surface area contributed by atoms with E-state index in [0.29, 0.717) is 11.3 Å². The predicted octanol–water partition coefficient (Wildman–Crippen LogP) is 3.76. The fraction of sp³-hybridized carbons (Fsp3) is 0.812. The van der Waals surface area contributed by atoms with Gasteiger partial charge in [0.05, 0.1) is 6.04 Å². The average molecular weight is 263 g/mol. The molecule has 1 unspecified atom stereocenters. The predicted molar refractivity (Wildman–Crippen MR) is 79.7 cm³/mol. The quantitative estimate of drug-likeness (QED) is 0.902. The number of hydrogen-bond acceptors (Lipinski definition) is 2. The Bertz CT molecular complexity index is 394. The van der Waals surface area contributed by atoms with E-state index in [0.717, 1.165) is 18.3 Å². The van der Waals surface area contributed by atoms with Gasteiger partial charge >= 0.3 is 0 Å². The molecular formula is C16H29N3. The zero-order valence-electron chi connectivity index (χ0n) is 12.9. The molecule has 1 aromatic rings. The molecule has 0 aromatic carbocycles. The van der Waals surface area contributed by atoms with Crippen molar-refractivity contribution in [2.75, 3.05) is 0 Å². The van der Waals surface area contributed by atoms with E-state index < -0.39 is 0 Å². The van der Waals surface area contributed by atoms with Crippen LogP contribution in [0.15, 0.2) is 12.4 Å². The second kappa shape index (κ2) is 5.66. The first-order chi connectivity index (χ1) is 8.93. The summed E-state index contributed by atoms with van der Waals surface area (Å²) in [6.07, 6.45) is 9.04. The van der Waals surface area contributed by atoms with E-state index in [2.05, 4.69) is 37.2 Å². The van der Waals surface area contributed by atoms with Crippen LogP contribution in [0.25, 0.3) is 0 Å². The SMILES string of the molecule is CCn1ccnc1C(N)C1CCC(C(C)(C)C)CC1. The third-order valence-corrected chi connectivity index (χ3v) is 4.89. The molecule has 0 bridgehead atoms. The number of nitrogens with zero attached hydrogens (tertiary/aromatic N) is 2. The van der Waals surface area contributed by atoms with Gasteiger partial charge in [0.25, 0.3) is 0 Å². The normalized spacial score (nSPS) is 26.4. The van der Waals surface area contributed by atoms with Gasteiger partial charge in [-0.15, -0.1) is 0 Å². The van der Waals surface area contributed by atoms with Crippen molar-refractivity contribution >= 4 is 0 Å². The minimum absolute atomic E-state index is 0.107. The fourth-order valence-electron chi connectivity index (χ4n) is 3.44. The summed E-state index contributed by atoms with van der Waals surface area (Å²) in [5.41, 5.74) is 6.90. The van der Waals surface area contributed by atoms with Crippen LogP contribution in [-0.2, 0) is 6.54 Å². The van der Waals surface area contributed by atoms with Crippen LogP contribution >= 0.6 is 0 Å². The van der Waals surface area contributed by atoms with Crippen molar-refractivity contribution in [2.24, 2.45) is 23.0 Å². The molecule has 1 aliphatic rings. The number of hydrogen-bond donors (Lipinski definition) is 1. The standard InChI is InChI=1S/C16H29N3/c1-5-19-11-10-18-15(19)14(17)12-6-8-13(9-7-12)16(2,3)4/h10-14H,5-9,17H2,1-4H3. The highest BCUT2D eigenvalue weighted by atomic mass is 15.1. The maximum absolute atomic E-state index is 6.46. The molecule has 0 amide bonds. The highest BCUT2D eigenvalue weighted by Crippen LogP contribution is 2.42. The number of aromatic nitrogens is 2. The van der Waals surface area contributed by atoms with Gasteiger partial charge in [-0.05, 0) is 49.9 Å². The Morgan fingerprint density at radius 2 is 1.95 bits per heavy atom. The molecule has 1 aliphatic carbocycles. The van der Waals surface area contributed by atoms with Gasteiger partial charge in [-0.1, -0.05) is 20.8 Å². The van der Waals surface area contributed by atoms with Crippen LogP contribution in [0, 0.1) is 17.3 Å². The van der Waals surface area contributed by atoms with Gasteiger partial charge in [-0.25, -0.2) is 4.98 Å². The van der Waals surface area contributed by atoms with Crippen molar-refractivity contribution in [3.8, 4) is 0 Å². The van der Waals surface area contributed by atoms with Crippen molar-refractivity contribution < 1.29 is 0 Å². The van der Waals surface area contributed by atoms with Gasteiger partial charge in [0, 0.05) is 18.9 Å². The zero-order valence-corrected chi connectivity index (χ0v) is 12.9. The summed E-state index contributed by atoms with van der Waals surface area (Å²) in [5, 5.41) is 0. The fourth-order valence-corrected chi connectivity index (χ4v) is 3.44. The lowest BCUT2D eigenvalue weighted by molar-refractivity contribution is 0.137. The molecule has 1 fully saturated rings. The molecule has 0 aliphatic heterocycles. The Kier molecular flexibility index (Phi) is 4.34. The van der Waals surface area contributed by atoms with Gasteiger partial charge < -0.3 is 10.3 Å². The van der Waals surface area contributed by atoms with Gasteiger partial charge in [-0.3, -0.25) is 0 Å². The van der Waals surface area contributed by atoms with Crippen LogP contribution in [0.3, 0.4) is 0 Å². The van der Waals surface area contributed by atoms with Crippen molar-refractivity contribution in [2.45, 2.75) is 66.0 Å². The molecule has 3 nitrogen and oxygen atoms in total. The van der Waals surface area contributed by atoms with E-state index in [4.69, 9.17) is 5.73 Å². The van der Waals surface area contributed by atoms with E-state index >= 15 is 0 Å². The molecule has 2 N–H and O–H groups in total. The first kappa shape index (κ1) is 14.6. The summed E-state index contributed by atoms with van der Waals surface area (Å²) >= 11 is 0. The smallest absolute Gasteiger partial charge is 0.125 e. The van der Waals surface area contributed by atoms with Crippen molar-refractivity contribution in [3.05, 3.63) is 18.2 Å². The van der Waals surface area contributed by atoms with E-state index in [1.54, 1.807) is 0 Å². The molecular weight excluding hydrogens is 234 g/mol. The highest BCUT2D eigenvalue weighted by molar-refractivity contribution is 5.01. The maximum atomic E-state index is 6.46. The van der Waals surface area contributed by atoms with Crippen molar-refractivity contribution in [1.29, 1.82) is 0 Å². The van der Waals surface area contributed by atoms with E-state index in [1.165, 1.54) is 25.7 Å². The summed E-state index contributed by atoms with van der Waals surface area (Å²) < 4.78 is 2.18.